The lowest BCUT2D eigenvalue weighted by Crippen LogP contribution is -2.45. The number of nitrogens with zero attached hydrogens (tertiary/aromatic N) is 1. The number of hydrogen-bond donors (Lipinski definition) is 1. The van der Waals surface area contributed by atoms with Crippen molar-refractivity contribution in [3.05, 3.63) is 35.4 Å². The third-order valence-electron chi connectivity index (χ3n) is 4.82. The van der Waals surface area contributed by atoms with Crippen LogP contribution in [-0.2, 0) is 25.5 Å². The lowest BCUT2D eigenvalue weighted by Gasteiger charge is -2.33. The van der Waals surface area contributed by atoms with Crippen LogP contribution in [0.15, 0.2) is 24.3 Å². The number of rotatable bonds is 6. The number of benzene rings is 1. The van der Waals surface area contributed by atoms with Gasteiger partial charge in [0.15, 0.2) is 6.61 Å². The lowest BCUT2D eigenvalue weighted by molar-refractivity contribution is -0.155. The van der Waals surface area contributed by atoms with E-state index in [0.29, 0.717) is 0 Å². The molecule has 142 valence electrons. The number of fused-ring (bicyclic) bond motifs is 1. The molecule has 0 spiro atoms. The van der Waals surface area contributed by atoms with Crippen molar-refractivity contribution in [3.8, 4) is 0 Å². The Morgan fingerprint density at radius 3 is 2.62 bits per heavy atom. The van der Waals surface area contributed by atoms with Gasteiger partial charge in [0.25, 0.3) is 5.91 Å². The van der Waals surface area contributed by atoms with Gasteiger partial charge in [-0.25, -0.2) is 4.79 Å². The van der Waals surface area contributed by atoms with Crippen molar-refractivity contribution in [2.75, 3.05) is 13.7 Å². The van der Waals surface area contributed by atoms with E-state index in [9.17, 15) is 14.4 Å². The van der Waals surface area contributed by atoms with Crippen LogP contribution in [0, 0.1) is 5.92 Å². The molecule has 26 heavy (non-hydrogen) atoms. The maximum Gasteiger partial charge on any atom is 0.329 e. The molecular formula is C20H28N2O4. The first-order valence-electron chi connectivity index (χ1n) is 9.08. The predicted octanol–water partition coefficient (Wildman–Crippen LogP) is 2.23. The quantitative estimate of drug-likeness (QED) is 0.790. The van der Waals surface area contributed by atoms with Crippen molar-refractivity contribution in [2.45, 2.75) is 52.1 Å². The highest BCUT2D eigenvalue weighted by molar-refractivity contribution is 5.86. The Morgan fingerprint density at radius 2 is 1.96 bits per heavy atom. The van der Waals surface area contributed by atoms with Crippen LogP contribution in [0.5, 0.6) is 0 Å². The molecule has 2 atom stereocenters. The Balaban J connectivity index is 1.97. The summed E-state index contributed by atoms with van der Waals surface area (Å²) in [6, 6.07) is 7.40. The molecule has 0 aromatic heterocycles. The van der Waals surface area contributed by atoms with Gasteiger partial charge in [0.2, 0.25) is 5.91 Å². The number of ether oxygens (including phenoxy) is 1. The van der Waals surface area contributed by atoms with Crippen molar-refractivity contribution in [2.24, 2.45) is 5.92 Å². The molecule has 1 aliphatic carbocycles. The molecule has 1 N–H and O–H groups in total. The van der Waals surface area contributed by atoms with Gasteiger partial charge in [0, 0.05) is 14.0 Å². The third kappa shape index (κ3) is 4.84. The minimum atomic E-state index is -0.749. The van der Waals surface area contributed by atoms with E-state index in [1.165, 1.54) is 18.1 Å². The van der Waals surface area contributed by atoms with Crippen LogP contribution in [0.2, 0.25) is 0 Å². The fraction of sp³-hybridized carbons (Fsp3) is 0.550. The summed E-state index contributed by atoms with van der Waals surface area (Å²) in [7, 11) is 1.75. The molecule has 0 saturated heterocycles. The first kappa shape index (κ1) is 19.9. The molecule has 0 saturated carbocycles. The standard InChI is InChI=1S/C20H28N2O4/c1-13(2)19(21-14(3)23)20(25)26-12-18(24)22(4)17-11-7-9-15-8-5-6-10-16(15)17/h5-6,8,10,13,17,19H,7,9,11-12H2,1-4H3,(H,21,23). The molecule has 0 bridgehead atoms. The van der Waals surface area contributed by atoms with Crippen LogP contribution in [0.25, 0.3) is 0 Å². The maximum atomic E-state index is 12.5. The second-order valence-corrected chi connectivity index (χ2v) is 7.14. The Kier molecular flexibility index (Phi) is 6.77. The molecule has 6 heteroatoms. The Hall–Kier alpha value is -2.37. The van der Waals surface area contributed by atoms with Crippen LogP contribution < -0.4 is 5.32 Å². The van der Waals surface area contributed by atoms with Gasteiger partial charge in [-0.2, -0.15) is 0 Å². The molecule has 6 nitrogen and oxygen atoms in total. The van der Waals surface area contributed by atoms with E-state index in [-0.39, 0.29) is 30.4 Å². The monoisotopic (exact) mass is 360 g/mol. The summed E-state index contributed by atoms with van der Waals surface area (Å²) in [6.45, 7) is 4.66. The van der Waals surface area contributed by atoms with E-state index in [1.54, 1.807) is 11.9 Å². The highest BCUT2D eigenvalue weighted by atomic mass is 16.5. The van der Waals surface area contributed by atoms with Crippen molar-refractivity contribution in [3.63, 3.8) is 0 Å². The van der Waals surface area contributed by atoms with Crippen LogP contribution >= 0.6 is 0 Å². The molecule has 2 amide bonds. The van der Waals surface area contributed by atoms with Crippen LogP contribution in [0.4, 0.5) is 0 Å². The molecule has 2 rings (SSSR count). The number of carbonyl (C=O) groups excluding carboxylic acids is 3. The highest BCUT2D eigenvalue weighted by Gasteiger charge is 2.29. The largest absolute Gasteiger partial charge is 0.454 e. The van der Waals surface area contributed by atoms with Gasteiger partial charge in [-0.15, -0.1) is 0 Å². The topological polar surface area (TPSA) is 75.7 Å². The average molecular weight is 360 g/mol. The summed E-state index contributed by atoms with van der Waals surface area (Å²) in [6.07, 6.45) is 2.95. The first-order valence-corrected chi connectivity index (χ1v) is 9.08. The van der Waals surface area contributed by atoms with Gasteiger partial charge in [-0.3, -0.25) is 9.59 Å². The van der Waals surface area contributed by atoms with Crippen LogP contribution in [0.1, 0.15) is 50.8 Å². The second kappa shape index (κ2) is 8.83. The van der Waals surface area contributed by atoms with Crippen LogP contribution in [0.3, 0.4) is 0 Å². The molecule has 1 aliphatic rings. The normalized spacial score (nSPS) is 17.2. The van der Waals surface area contributed by atoms with Gasteiger partial charge in [0.05, 0.1) is 6.04 Å². The zero-order chi connectivity index (χ0) is 19.3. The van der Waals surface area contributed by atoms with Gasteiger partial charge in [-0.05, 0) is 36.3 Å². The van der Waals surface area contributed by atoms with Crippen molar-refractivity contribution in [1.82, 2.24) is 10.2 Å². The smallest absolute Gasteiger partial charge is 0.329 e. The number of likely N-dealkylation sites (N-methyl/N-ethyl adjacent to an activating group) is 1. The minimum absolute atomic E-state index is 0.00222. The van der Waals surface area contributed by atoms with Gasteiger partial charge >= 0.3 is 5.97 Å². The number of aryl methyl sites for hydroxylation is 1. The van der Waals surface area contributed by atoms with E-state index in [0.717, 1.165) is 19.3 Å². The van der Waals surface area contributed by atoms with Crippen LogP contribution in [-0.4, -0.2) is 42.4 Å². The van der Waals surface area contributed by atoms with Gasteiger partial charge in [-0.1, -0.05) is 38.1 Å². The molecular weight excluding hydrogens is 332 g/mol. The molecule has 1 aromatic rings. The summed E-state index contributed by atoms with van der Waals surface area (Å²) in [5, 5.41) is 2.57. The molecule has 1 aromatic carbocycles. The number of hydrogen-bond acceptors (Lipinski definition) is 4. The lowest BCUT2D eigenvalue weighted by atomic mass is 9.87. The molecule has 0 fully saturated rings. The summed E-state index contributed by atoms with van der Waals surface area (Å²) in [5.74, 6) is -1.25. The van der Waals surface area contributed by atoms with E-state index < -0.39 is 12.0 Å². The zero-order valence-corrected chi connectivity index (χ0v) is 16.0. The zero-order valence-electron chi connectivity index (χ0n) is 16.0. The van der Waals surface area contributed by atoms with Crippen molar-refractivity contribution in [1.29, 1.82) is 0 Å². The first-order chi connectivity index (χ1) is 12.3. The molecule has 2 unspecified atom stereocenters. The van der Waals surface area contributed by atoms with Gasteiger partial charge in [0.1, 0.15) is 6.04 Å². The Morgan fingerprint density at radius 1 is 1.27 bits per heavy atom. The maximum absolute atomic E-state index is 12.5. The fourth-order valence-electron chi connectivity index (χ4n) is 3.35. The number of nitrogens with one attached hydrogen (secondary N) is 1. The summed E-state index contributed by atoms with van der Waals surface area (Å²) in [4.78, 5) is 37.6. The predicted molar refractivity (Wildman–Crippen MR) is 98.3 cm³/mol. The van der Waals surface area contributed by atoms with E-state index in [4.69, 9.17) is 4.74 Å². The van der Waals surface area contributed by atoms with Crippen molar-refractivity contribution < 1.29 is 19.1 Å². The fourth-order valence-corrected chi connectivity index (χ4v) is 3.35. The van der Waals surface area contributed by atoms with E-state index in [2.05, 4.69) is 17.4 Å². The molecule has 0 radical (unpaired) electrons. The average Bonchev–Trinajstić information content (AvgIpc) is 2.62. The highest BCUT2D eigenvalue weighted by Crippen LogP contribution is 2.33. The Labute approximate surface area is 154 Å². The summed E-state index contributed by atoms with van der Waals surface area (Å²) >= 11 is 0. The molecule has 0 aliphatic heterocycles. The number of amides is 2. The molecule has 0 heterocycles. The van der Waals surface area contributed by atoms with Crippen molar-refractivity contribution >= 4 is 17.8 Å². The Bertz CT molecular complexity index is 672. The van der Waals surface area contributed by atoms with E-state index >= 15 is 0 Å². The summed E-state index contributed by atoms with van der Waals surface area (Å²) < 4.78 is 5.18. The van der Waals surface area contributed by atoms with Gasteiger partial charge < -0.3 is 15.0 Å². The number of carbonyl (C=O) groups is 3. The van der Waals surface area contributed by atoms with E-state index in [1.807, 2.05) is 26.0 Å². The second-order valence-electron chi connectivity index (χ2n) is 7.14. The summed E-state index contributed by atoms with van der Waals surface area (Å²) in [5.41, 5.74) is 2.44. The third-order valence-corrected chi connectivity index (χ3v) is 4.82. The SMILES string of the molecule is CC(=O)NC(C(=O)OCC(=O)N(C)C1CCCc2ccccc21)C(C)C. The number of esters is 1. The minimum Gasteiger partial charge on any atom is -0.454 e.